The van der Waals surface area contributed by atoms with Crippen LogP contribution in [0.1, 0.15) is 23.6 Å². The van der Waals surface area contributed by atoms with Crippen LogP contribution in [0.5, 0.6) is 11.5 Å². The molecular weight excluding hydrogens is 370 g/mol. The summed E-state index contributed by atoms with van der Waals surface area (Å²) in [6, 6.07) is 12.4. The molecule has 0 amide bonds. The Balaban J connectivity index is 1.79. The van der Waals surface area contributed by atoms with Crippen LogP contribution in [0.3, 0.4) is 0 Å². The highest BCUT2D eigenvalue weighted by Crippen LogP contribution is 2.34. The Morgan fingerprint density at radius 1 is 1.07 bits per heavy atom. The molecule has 4 rings (SSSR count). The van der Waals surface area contributed by atoms with Crippen LogP contribution in [0.2, 0.25) is 0 Å². The summed E-state index contributed by atoms with van der Waals surface area (Å²) in [7, 11) is 0. The minimum absolute atomic E-state index is 0.571. The van der Waals surface area contributed by atoms with Crippen LogP contribution in [-0.4, -0.2) is 30.6 Å². The number of ether oxygens (including phenoxy) is 2. The molecule has 1 aromatic heterocycles. The third-order valence-electron chi connectivity index (χ3n) is 4.56. The van der Waals surface area contributed by atoms with E-state index in [1.54, 1.807) is 11.3 Å². The second-order valence-electron chi connectivity index (χ2n) is 6.65. The van der Waals surface area contributed by atoms with E-state index in [0.717, 1.165) is 33.1 Å². The molecule has 144 valence electrons. The Morgan fingerprint density at radius 3 is 2.71 bits per heavy atom. The Labute approximate surface area is 168 Å². The van der Waals surface area contributed by atoms with E-state index < -0.39 is 0 Å². The lowest BCUT2D eigenvalue weighted by molar-refractivity contribution is 0.171. The average molecular weight is 394 g/mol. The lowest BCUT2D eigenvalue weighted by Crippen LogP contribution is -2.15. The van der Waals surface area contributed by atoms with E-state index >= 15 is 0 Å². The minimum atomic E-state index is 0.571. The maximum absolute atomic E-state index is 5.75. The predicted molar refractivity (Wildman–Crippen MR) is 114 cm³/mol. The first-order valence-electron chi connectivity index (χ1n) is 9.38. The Kier molecular flexibility index (Phi) is 5.30. The van der Waals surface area contributed by atoms with E-state index in [9.17, 15) is 0 Å². The monoisotopic (exact) mass is 393 g/mol. The first-order chi connectivity index (χ1) is 13.7. The van der Waals surface area contributed by atoms with Crippen molar-refractivity contribution >= 4 is 17.6 Å². The summed E-state index contributed by atoms with van der Waals surface area (Å²) in [5.41, 5.74) is 5.52. The molecule has 1 aliphatic heterocycles. The molecular formula is C22H23N3O2S. The molecule has 0 fully saturated rings. The molecule has 1 aliphatic rings. The number of benzene rings is 2. The van der Waals surface area contributed by atoms with Gasteiger partial charge in [0.05, 0.1) is 11.9 Å². The molecule has 3 aromatic rings. The summed E-state index contributed by atoms with van der Waals surface area (Å²) in [6.07, 6.45) is 1.91. The SMILES string of the molecule is CCN=c1scc(-c2ccc3c(c2)OCCO3)n1/N=C/c1cc(C)ccc1C. The summed E-state index contributed by atoms with van der Waals surface area (Å²) in [5, 5.41) is 6.87. The molecule has 0 spiro atoms. The van der Waals surface area contributed by atoms with Gasteiger partial charge in [0.25, 0.3) is 0 Å². The normalized spacial score (nSPS) is 14.0. The molecule has 0 aliphatic carbocycles. The molecule has 0 unspecified atom stereocenters. The maximum atomic E-state index is 5.75. The van der Waals surface area contributed by atoms with Crippen LogP contribution in [0.25, 0.3) is 11.3 Å². The van der Waals surface area contributed by atoms with Crippen molar-refractivity contribution in [3.8, 4) is 22.8 Å². The van der Waals surface area contributed by atoms with Crippen molar-refractivity contribution in [2.75, 3.05) is 19.8 Å². The van der Waals surface area contributed by atoms with Gasteiger partial charge in [-0.15, -0.1) is 11.3 Å². The van der Waals surface area contributed by atoms with Gasteiger partial charge in [0.1, 0.15) is 13.2 Å². The first-order valence-corrected chi connectivity index (χ1v) is 10.3. The van der Waals surface area contributed by atoms with E-state index in [4.69, 9.17) is 14.6 Å². The molecule has 0 radical (unpaired) electrons. The first kappa shape index (κ1) is 18.5. The van der Waals surface area contributed by atoms with Gasteiger partial charge >= 0.3 is 0 Å². The van der Waals surface area contributed by atoms with E-state index in [2.05, 4.69) is 42.4 Å². The molecule has 0 N–H and O–H groups in total. The van der Waals surface area contributed by atoms with Crippen molar-refractivity contribution < 1.29 is 9.47 Å². The van der Waals surface area contributed by atoms with Crippen LogP contribution in [-0.2, 0) is 0 Å². The van der Waals surface area contributed by atoms with Gasteiger partial charge in [0.15, 0.2) is 11.5 Å². The number of nitrogens with zero attached hydrogens (tertiary/aromatic N) is 3. The van der Waals surface area contributed by atoms with Gasteiger partial charge in [-0.3, -0.25) is 4.99 Å². The van der Waals surface area contributed by atoms with E-state index in [-0.39, 0.29) is 0 Å². The van der Waals surface area contributed by atoms with Crippen molar-refractivity contribution in [1.82, 2.24) is 4.68 Å². The van der Waals surface area contributed by atoms with E-state index in [1.807, 2.05) is 36.0 Å². The van der Waals surface area contributed by atoms with Crippen molar-refractivity contribution in [2.45, 2.75) is 20.8 Å². The zero-order chi connectivity index (χ0) is 19.5. The van der Waals surface area contributed by atoms with Crippen LogP contribution in [0, 0.1) is 13.8 Å². The van der Waals surface area contributed by atoms with Crippen LogP contribution >= 0.6 is 11.3 Å². The van der Waals surface area contributed by atoms with Crippen LogP contribution < -0.4 is 14.3 Å². The Bertz CT molecular complexity index is 1100. The van der Waals surface area contributed by atoms with Crippen molar-refractivity contribution in [3.63, 3.8) is 0 Å². The molecule has 0 atom stereocenters. The van der Waals surface area contributed by atoms with Crippen molar-refractivity contribution in [2.24, 2.45) is 10.1 Å². The second-order valence-corrected chi connectivity index (χ2v) is 7.49. The molecule has 0 saturated heterocycles. The highest BCUT2D eigenvalue weighted by molar-refractivity contribution is 7.07. The number of hydrogen-bond donors (Lipinski definition) is 0. The predicted octanol–water partition coefficient (Wildman–Crippen LogP) is 4.41. The fourth-order valence-corrected chi connectivity index (χ4v) is 3.98. The summed E-state index contributed by atoms with van der Waals surface area (Å²) < 4.78 is 13.3. The largest absolute Gasteiger partial charge is 0.486 e. The van der Waals surface area contributed by atoms with Gasteiger partial charge in [-0.25, -0.2) is 4.68 Å². The molecule has 6 heteroatoms. The summed E-state index contributed by atoms with van der Waals surface area (Å²) in [5.74, 6) is 1.56. The van der Waals surface area contributed by atoms with Gasteiger partial charge in [0.2, 0.25) is 4.80 Å². The third kappa shape index (κ3) is 3.73. The van der Waals surface area contributed by atoms with E-state index in [0.29, 0.717) is 19.8 Å². The fourth-order valence-electron chi connectivity index (χ4n) is 3.07. The minimum Gasteiger partial charge on any atom is -0.486 e. The van der Waals surface area contributed by atoms with Gasteiger partial charge in [-0.1, -0.05) is 23.8 Å². The van der Waals surface area contributed by atoms with Crippen molar-refractivity contribution in [1.29, 1.82) is 0 Å². The topological polar surface area (TPSA) is 48.1 Å². The number of aryl methyl sites for hydroxylation is 2. The molecule has 5 nitrogen and oxygen atoms in total. The lowest BCUT2D eigenvalue weighted by atomic mass is 10.1. The van der Waals surface area contributed by atoms with E-state index in [1.165, 1.54) is 11.1 Å². The second kappa shape index (κ2) is 8.02. The lowest BCUT2D eigenvalue weighted by Gasteiger charge is -2.18. The van der Waals surface area contributed by atoms with Gasteiger partial charge in [-0.05, 0) is 50.1 Å². The summed E-state index contributed by atoms with van der Waals surface area (Å²) in [4.78, 5) is 5.47. The fraction of sp³-hybridized carbons (Fsp3) is 0.273. The van der Waals surface area contributed by atoms with Crippen molar-refractivity contribution in [3.05, 3.63) is 63.3 Å². The third-order valence-corrected chi connectivity index (χ3v) is 5.42. The van der Waals surface area contributed by atoms with Gasteiger partial charge < -0.3 is 9.47 Å². The molecule has 2 aromatic carbocycles. The number of fused-ring (bicyclic) bond motifs is 1. The highest BCUT2D eigenvalue weighted by Gasteiger charge is 2.15. The quantitative estimate of drug-likeness (QED) is 0.617. The van der Waals surface area contributed by atoms with Crippen LogP contribution in [0.15, 0.2) is 51.9 Å². The number of aromatic nitrogens is 1. The Hall–Kier alpha value is -2.86. The number of thiazole rings is 1. The maximum Gasteiger partial charge on any atom is 0.206 e. The standard InChI is InChI=1S/C22H23N3O2S/c1-4-23-22-25(24-13-18-11-15(2)5-6-16(18)3)19(14-28-22)17-7-8-20-21(12-17)27-10-9-26-20/h5-8,11-14H,4,9-10H2,1-3H3/b23-22?,24-13+. The molecule has 28 heavy (non-hydrogen) atoms. The van der Waals surface area contributed by atoms with Gasteiger partial charge in [-0.2, -0.15) is 5.10 Å². The van der Waals surface area contributed by atoms with Gasteiger partial charge in [0, 0.05) is 17.5 Å². The molecule has 2 heterocycles. The van der Waals surface area contributed by atoms with Crippen LogP contribution in [0.4, 0.5) is 0 Å². The zero-order valence-electron chi connectivity index (χ0n) is 16.3. The smallest absolute Gasteiger partial charge is 0.206 e. The average Bonchev–Trinajstić information content (AvgIpc) is 3.11. The number of hydrogen-bond acceptors (Lipinski definition) is 5. The Morgan fingerprint density at radius 2 is 1.89 bits per heavy atom. The molecule has 0 saturated carbocycles. The highest BCUT2D eigenvalue weighted by atomic mass is 32.1. The summed E-state index contributed by atoms with van der Waals surface area (Å²) >= 11 is 1.59. The molecule has 0 bridgehead atoms. The summed E-state index contributed by atoms with van der Waals surface area (Å²) in [6.45, 7) is 8.08. The number of rotatable bonds is 4. The zero-order valence-corrected chi connectivity index (χ0v) is 17.1.